The van der Waals surface area contributed by atoms with Gasteiger partial charge in [-0.25, -0.2) is 5.01 Å². The van der Waals surface area contributed by atoms with E-state index in [9.17, 15) is 0 Å². The lowest BCUT2D eigenvalue weighted by Gasteiger charge is -2.52. The van der Waals surface area contributed by atoms with Crippen LogP contribution in [0.5, 0.6) is 5.75 Å². The summed E-state index contributed by atoms with van der Waals surface area (Å²) in [5.74, 6) is 0.991. The number of hydrogen-bond acceptors (Lipinski definition) is 4. The molecule has 4 nitrogen and oxygen atoms in total. The van der Waals surface area contributed by atoms with Crippen molar-refractivity contribution in [2.24, 2.45) is 5.10 Å². The van der Waals surface area contributed by atoms with Gasteiger partial charge in [-0.3, -0.25) is 0 Å². The van der Waals surface area contributed by atoms with E-state index in [1.54, 1.807) is 0 Å². The van der Waals surface area contributed by atoms with Crippen LogP contribution < -0.4 is 4.74 Å². The maximum absolute atomic E-state index is 6.72. The zero-order valence-corrected chi connectivity index (χ0v) is 17.5. The Morgan fingerprint density at radius 2 is 1.77 bits per heavy atom. The number of benzene rings is 3. The largest absolute Gasteiger partial charge is 0.466 e. The van der Waals surface area contributed by atoms with E-state index >= 15 is 0 Å². The highest BCUT2D eigenvalue weighted by Gasteiger charge is 2.54. The molecule has 3 aromatic rings. The van der Waals surface area contributed by atoms with Crippen molar-refractivity contribution in [1.82, 2.24) is 5.01 Å². The molecule has 3 aliphatic heterocycles. The second-order valence-electron chi connectivity index (χ2n) is 9.26. The zero-order valence-electron chi connectivity index (χ0n) is 17.5. The van der Waals surface area contributed by atoms with Gasteiger partial charge in [-0.1, -0.05) is 60.7 Å². The number of ether oxygens (including phenoxy) is 2. The van der Waals surface area contributed by atoms with Crippen LogP contribution in [0.25, 0.3) is 10.8 Å². The van der Waals surface area contributed by atoms with E-state index in [1.807, 2.05) is 0 Å². The maximum atomic E-state index is 6.72. The van der Waals surface area contributed by atoms with E-state index in [0.29, 0.717) is 6.61 Å². The van der Waals surface area contributed by atoms with Gasteiger partial charge in [0.15, 0.2) is 0 Å². The van der Waals surface area contributed by atoms with Crippen LogP contribution in [0.2, 0.25) is 0 Å². The van der Waals surface area contributed by atoms with Gasteiger partial charge in [0, 0.05) is 30.4 Å². The Labute approximate surface area is 177 Å². The normalized spacial score (nSPS) is 26.8. The molecule has 0 aliphatic carbocycles. The van der Waals surface area contributed by atoms with Crippen molar-refractivity contribution in [1.29, 1.82) is 0 Å². The average Bonchev–Trinajstić information content (AvgIpc) is 3.19. The third-order valence-corrected chi connectivity index (χ3v) is 6.69. The molecule has 0 amide bonds. The minimum Gasteiger partial charge on any atom is -0.466 e. The van der Waals surface area contributed by atoms with Crippen LogP contribution in [0.4, 0.5) is 0 Å². The van der Waals surface area contributed by atoms with Gasteiger partial charge in [0.25, 0.3) is 0 Å². The fourth-order valence-corrected chi connectivity index (χ4v) is 5.44. The van der Waals surface area contributed by atoms with Gasteiger partial charge in [-0.15, -0.1) is 0 Å². The lowest BCUT2D eigenvalue weighted by atomic mass is 9.86. The van der Waals surface area contributed by atoms with Crippen molar-refractivity contribution in [3.05, 3.63) is 77.9 Å². The first kappa shape index (κ1) is 18.0. The second-order valence-corrected chi connectivity index (χ2v) is 9.26. The zero-order chi connectivity index (χ0) is 20.3. The quantitative estimate of drug-likeness (QED) is 0.530. The summed E-state index contributed by atoms with van der Waals surface area (Å²) in [6.07, 6.45) is 2.49. The third kappa shape index (κ3) is 2.67. The predicted molar refractivity (Wildman–Crippen MR) is 119 cm³/mol. The molecule has 1 spiro atoms. The van der Waals surface area contributed by atoms with Crippen LogP contribution in [0.3, 0.4) is 0 Å². The van der Waals surface area contributed by atoms with E-state index in [1.165, 1.54) is 21.9 Å². The SMILES string of the molecule is CC1(C)C[C@@]2(CCO1)Oc1ccccc1[C@@H]1CC(c3cccc4ccccc34)=NN12. The molecule has 0 N–H and O–H groups in total. The number of nitrogens with zero attached hydrogens (tertiary/aromatic N) is 2. The molecule has 2 atom stereocenters. The standard InChI is InChI=1S/C26H26N2O2/c1-25(2)17-26(14-15-29-25)28-23(21-11-5-6-13-24(21)30-26)16-22(27-28)20-12-7-9-18-8-3-4-10-19(18)20/h3-13,23H,14-17H2,1-2H3/t23-,26+/m0/s1. The number of hydrogen-bond donors (Lipinski definition) is 0. The minimum atomic E-state index is -0.465. The summed E-state index contributed by atoms with van der Waals surface area (Å²) in [7, 11) is 0. The van der Waals surface area contributed by atoms with Gasteiger partial charge in [0.1, 0.15) is 5.75 Å². The Hall–Kier alpha value is -2.85. The van der Waals surface area contributed by atoms with E-state index < -0.39 is 5.72 Å². The molecular weight excluding hydrogens is 372 g/mol. The predicted octanol–water partition coefficient (Wildman–Crippen LogP) is 5.67. The second kappa shape index (κ2) is 6.32. The summed E-state index contributed by atoms with van der Waals surface area (Å²) in [6.45, 7) is 4.98. The molecule has 3 heterocycles. The average molecular weight is 399 g/mol. The van der Waals surface area contributed by atoms with Gasteiger partial charge in [-0.05, 0) is 30.7 Å². The molecule has 152 valence electrons. The molecule has 6 rings (SSSR count). The Balaban J connectivity index is 1.50. The Morgan fingerprint density at radius 1 is 0.967 bits per heavy atom. The van der Waals surface area contributed by atoms with Crippen LogP contribution >= 0.6 is 0 Å². The van der Waals surface area contributed by atoms with E-state index in [-0.39, 0.29) is 11.6 Å². The molecule has 30 heavy (non-hydrogen) atoms. The molecule has 0 saturated carbocycles. The summed E-state index contributed by atoms with van der Waals surface area (Å²) >= 11 is 0. The third-order valence-electron chi connectivity index (χ3n) is 6.69. The summed E-state index contributed by atoms with van der Waals surface area (Å²) in [6, 6.07) is 23.7. The Morgan fingerprint density at radius 3 is 2.67 bits per heavy atom. The Kier molecular flexibility index (Phi) is 3.79. The number of para-hydroxylation sites is 1. The van der Waals surface area contributed by atoms with Gasteiger partial charge in [-0.2, -0.15) is 5.10 Å². The highest BCUT2D eigenvalue weighted by Crippen LogP contribution is 2.51. The first-order valence-corrected chi connectivity index (χ1v) is 10.8. The number of hydrazone groups is 1. The van der Waals surface area contributed by atoms with Crippen LogP contribution in [0.1, 0.15) is 50.3 Å². The smallest absolute Gasteiger partial charge is 0.203 e. The van der Waals surface area contributed by atoms with E-state index in [2.05, 4.69) is 85.6 Å². The summed E-state index contributed by atoms with van der Waals surface area (Å²) in [5.41, 5.74) is 2.88. The summed E-state index contributed by atoms with van der Waals surface area (Å²) in [4.78, 5) is 0. The summed E-state index contributed by atoms with van der Waals surface area (Å²) in [5, 5.41) is 10.0. The first-order chi connectivity index (χ1) is 14.5. The monoisotopic (exact) mass is 398 g/mol. The first-order valence-electron chi connectivity index (χ1n) is 10.8. The lowest BCUT2D eigenvalue weighted by molar-refractivity contribution is -0.212. The Bertz CT molecular complexity index is 1160. The van der Waals surface area contributed by atoms with Crippen LogP contribution in [0, 0.1) is 0 Å². The van der Waals surface area contributed by atoms with Crippen molar-refractivity contribution in [2.45, 2.75) is 50.5 Å². The van der Waals surface area contributed by atoms with Crippen LogP contribution in [-0.4, -0.2) is 28.7 Å². The molecule has 0 bridgehead atoms. The number of fused-ring (bicyclic) bond motifs is 5. The van der Waals surface area contributed by atoms with Crippen LogP contribution in [-0.2, 0) is 4.74 Å². The maximum Gasteiger partial charge on any atom is 0.203 e. The summed E-state index contributed by atoms with van der Waals surface area (Å²) < 4.78 is 12.8. The lowest BCUT2D eigenvalue weighted by Crippen LogP contribution is -2.60. The van der Waals surface area contributed by atoms with Crippen molar-refractivity contribution in [2.75, 3.05) is 6.61 Å². The molecule has 3 aromatic carbocycles. The molecule has 0 radical (unpaired) electrons. The van der Waals surface area contributed by atoms with Crippen molar-refractivity contribution in [3.8, 4) is 5.75 Å². The van der Waals surface area contributed by atoms with E-state index in [4.69, 9.17) is 14.6 Å². The molecule has 4 heteroatoms. The van der Waals surface area contributed by atoms with Gasteiger partial charge < -0.3 is 9.47 Å². The van der Waals surface area contributed by atoms with Gasteiger partial charge in [0.05, 0.1) is 24.0 Å². The topological polar surface area (TPSA) is 34.1 Å². The molecule has 0 aromatic heterocycles. The molecule has 1 saturated heterocycles. The van der Waals surface area contributed by atoms with Gasteiger partial charge >= 0.3 is 0 Å². The fraction of sp³-hybridized carbons (Fsp3) is 0.346. The molecule has 1 fully saturated rings. The van der Waals surface area contributed by atoms with Crippen molar-refractivity contribution < 1.29 is 9.47 Å². The van der Waals surface area contributed by atoms with Crippen molar-refractivity contribution >= 4 is 16.5 Å². The minimum absolute atomic E-state index is 0.192. The highest BCUT2D eigenvalue weighted by molar-refractivity contribution is 6.11. The molecular formula is C26H26N2O2. The molecule has 0 unspecified atom stereocenters. The van der Waals surface area contributed by atoms with Crippen molar-refractivity contribution in [3.63, 3.8) is 0 Å². The highest BCUT2D eigenvalue weighted by atomic mass is 16.5. The number of rotatable bonds is 1. The van der Waals surface area contributed by atoms with E-state index in [0.717, 1.165) is 30.7 Å². The fourth-order valence-electron chi connectivity index (χ4n) is 5.44. The van der Waals surface area contributed by atoms with Gasteiger partial charge in [0.2, 0.25) is 5.72 Å². The molecule has 3 aliphatic rings. The van der Waals surface area contributed by atoms with Crippen LogP contribution in [0.15, 0.2) is 71.8 Å².